The van der Waals surface area contributed by atoms with Gasteiger partial charge in [0.15, 0.2) is 6.61 Å². The fourth-order valence-electron chi connectivity index (χ4n) is 4.01. The van der Waals surface area contributed by atoms with Gasteiger partial charge in [0.05, 0.1) is 17.3 Å². The molecule has 9 heteroatoms. The molecule has 0 atom stereocenters. The minimum Gasteiger partial charge on any atom is -0.507 e. The van der Waals surface area contributed by atoms with Crippen molar-refractivity contribution in [1.82, 2.24) is 5.32 Å². The van der Waals surface area contributed by atoms with Gasteiger partial charge in [-0.25, -0.2) is 4.79 Å². The zero-order chi connectivity index (χ0) is 24.3. The summed E-state index contributed by atoms with van der Waals surface area (Å²) in [6.45, 7) is -0.104. The van der Waals surface area contributed by atoms with Crippen molar-refractivity contribution in [2.75, 3.05) is 13.2 Å². The summed E-state index contributed by atoms with van der Waals surface area (Å²) < 4.78 is 5.28. The first-order valence-corrected chi connectivity index (χ1v) is 12.0. The van der Waals surface area contributed by atoms with E-state index in [4.69, 9.17) is 21.2 Å². The number of halogens is 1. The van der Waals surface area contributed by atoms with Gasteiger partial charge in [0.1, 0.15) is 17.1 Å². The molecule has 1 heterocycles. The second-order valence-electron chi connectivity index (χ2n) is 8.39. The van der Waals surface area contributed by atoms with Crippen LogP contribution in [0.15, 0.2) is 35.5 Å². The van der Waals surface area contributed by atoms with Gasteiger partial charge in [-0.2, -0.15) is 0 Å². The molecule has 8 nitrogen and oxygen atoms in total. The van der Waals surface area contributed by atoms with E-state index in [1.807, 2.05) is 18.2 Å². The average molecular weight is 491 g/mol. The molecule has 0 radical (unpaired) electrons. The highest BCUT2D eigenvalue weighted by Crippen LogP contribution is 2.37. The van der Waals surface area contributed by atoms with E-state index >= 15 is 0 Å². The van der Waals surface area contributed by atoms with Crippen LogP contribution in [-0.2, 0) is 20.8 Å². The van der Waals surface area contributed by atoms with Gasteiger partial charge >= 0.3 is 5.97 Å². The molecule has 1 saturated carbocycles. The van der Waals surface area contributed by atoms with E-state index in [1.165, 1.54) is 6.42 Å². The third-order valence-corrected chi connectivity index (χ3v) is 6.15. The number of nitrogens with one attached hydrogen (secondary N) is 1. The maximum Gasteiger partial charge on any atom is 0.342 e. The van der Waals surface area contributed by atoms with Crippen molar-refractivity contribution in [3.05, 3.63) is 46.5 Å². The first-order chi connectivity index (χ1) is 16.5. The topological polar surface area (TPSA) is 117 Å². The van der Waals surface area contributed by atoms with Gasteiger partial charge in [-0.05, 0) is 43.7 Å². The molecule has 3 N–H and O–H groups in total. The van der Waals surface area contributed by atoms with Crippen LogP contribution in [0.2, 0.25) is 5.02 Å². The van der Waals surface area contributed by atoms with Crippen molar-refractivity contribution in [2.45, 2.75) is 63.8 Å². The van der Waals surface area contributed by atoms with E-state index in [-0.39, 0.29) is 53.5 Å². The first-order valence-electron chi connectivity index (χ1n) is 11.7. The van der Waals surface area contributed by atoms with Gasteiger partial charge in [-0.15, -0.1) is 0 Å². The lowest BCUT2D eigenvalue weighted by Crippen LogP contribution is -2.38. The van der Waals surface area contributed by atoms with E-state index in [9.17, 15) is 19.8 Å². The summed E-state index contributed by atoms with van der Waals surface area (Å²) >= 11 is 6.29. The molecule has 0 bridgehead atoms. The predicted molar refractivity (Wildman–Crippen MR) is 129 cm³/mol. The molecule has 2 aliphatic rings. The maximum absolute atomic E-state index is 12.7. The number of phenols is 2. The number of carbonyl (C=O) groups is 2. The third kappa shape index (κ3) is 7.52. The molecule has 1 aliphatic carbocycles. The molecule has 0 unspecified atom stereocenters. The number of esters is 1. The number of hydrogen-bond acceptors (Lipinski definition) is 7. The van der Waals surface area contributed by atoms with Gasteiger partial charge in [0.25, 0.3) is 5.91 Å². The highest BCUT2D eigenvalue weighted by Gasteiger charge is 2.24. The number of amides is 1. The molecular weight excluding hydrogens is 460 g/mol. The standard InChI is InChI=1S/C25H31ClN2O6/c26-24-19-14-18(28-34-16-22(31)27-17-10-7-5-8-11-17)12-6-3-1-2-4-9-13-33-25(32)23(19)20(29)15-21(24)30/h2,4,6,12,15,17,29-30H,1,3,5,7-11,13-14,16H2,(H,27,31)/b4-2+,12-6+,28-18?. The Kier molecular flexibility index (Phi) is 9.82. The molecule has 1 aliphatic heterocycles. The summed E-state index contributed by atoms with van der Waals surface area (Å²) in [5, 5.41) is 27.4. The Bertz CT molecular complexity index is 967. The first kappa shape index (κ1) is 25.6. The lowest BCUT2D eigenvalue weighted by Gasteiger charge is -2.22. The summed E-state index contributed by atoms with van der Waals surface area (Å²) in [5.41, 5.74) is 0.392. The van der Waals surface area contributed by atoms with Crippen LogP contribution < -0.4 is 5.32 Å². The second-order valence-corrected chi connectivity index (χ2v) is 8.77. The molecule has 184 valence electrons. The molecule has 0 saturated heterocycles. The Hall–Kier alpha value is -3.00. The number of benzene rings is 1. The van der Waals surface area contributed by atoms with Gasteiger partial charge in [0, 0.05) is 18.5 Å². The van der Waals surface area contributed by atoms with Crippen molar-refractivity contribution < 1.29 is 29.4 Å². The van der Waals surface area contributed by atoms with E-state index in [2.05, 4.69) is 10.5 Å². The van der Waals surface area contributed by atoms with Crippen molar-refractivity contribution in [3.63, 3.8) is 0 Å². The van der Waals surface area contributed by atoms with Gasteiger partial charge < -0.3 is 25.1 Å². The zero-order valence-corrected chi connectivity index (χ0v) is 19.9. The van der Waals surface area contributed by atoms with Crippen LogP contribution in [0, 0.1) is 0 Å². The van der Waals surface area contributed by atoms with Crippen molar-refractivity contribution >= 4 is 29.2 Å². The lowest BCUT2D eigenvalue weighted by atomic mass is 9.95. The van der Waals surface area contributed by atoms with Crippen LogP contribution in [0.25, 0.3) is 0 Å². The monoisotopic (exact) mass is 490 g/mol. The van der Waals surface area contributed by atoms with E-state index < -0.39 is 11.7 Å². The Morgan fingerprint density at radius 3 is 2.65 bits per heavy atom. The number of carbonyl (C=O) groups excluding carboxylic acids is 2. The highest BCUT2D eigenvalue weighted by atomic mass is 35.5. The van der Waals surface area contributed by atoms with Crippen LogP contribution >= 0.6 is 11.6 Å². The average Bonchev–Trinajstić information content (AvgIpc) is 2.81. The Morgan fingerprint density at radius 2 is 1.85 bits per heavy atom. The fraction of sp³-hybridized carbons (Fsp3) is 0.480. The number of aromatic hydroxyl groups is 2. The zero-order valence-electron chi connectivity index (χ0n) is 19.1. The Morgan fingerprint density at radius 1 is 1.12 bits per heavy atom. The van der Waals surface area contributed by atoms with Crippen LogP contribution in [0.3, 0.4) is 0 Å². The summed E-state index contributed by atoms with van der Waals surface area (Å²) in [4.78, 5) is 30.2. The van der Waals surface area contributed by atoms with Crippen LogP contribution in [0.5, 0.6) is 11.5 Å². The van der Waals surface area contributed by atoms with Crippen LogP contribution in [0.4, 0.5) is 0 Å². The number of ether oxygens (including phenoxy) is 1. The normalized spacial score (nSPS) is 21.1. The quantitative estimate of drug-likeness (QED) is 0.323. The number of cyclic esters (lactones) is 1. The van der Waals surface area contributed by atoms with Gasteiger partial charge in [0.2, 0.25) is 0 Å². The minimum absolute atomic E-state index is 0.0260. The van der Waals surface area contributed by atoms with Gasteiger partial charge in [-0.1, -0.05) is 54.2 Å². The van der Waals surface area contributed by atoms with E-state index in [1.54, 1.807) is 6.08 Å². The molecule has 0 spiro atoms. The van der Waals surface area contributed by atoms with E-state index in [0.29, 0.717) is 12.1 Å². The molecular formula is C25H31ClN2O6. The maximum atomic E-state index is 12.7. The summed E-state index contributed by atoms with van der Waals surface area (Å²) in [5.74, 6) is -1.81. The largest absolute Gasteiger partial charge is 0.507 e. The third-order valence-electron chi connectivity index (χ3n) is 5.73. The highest BCUT2D eigenvalue weighted by molar-refractivity contribution is 6.33. The summed E-state index contributed by atoms with van der Waals surface area (Å²) in [6.07, 6.45) is 14.9. The van der Waals surface area contributed by atoms with Crippen LogP contribution in [0.1, 0.15) is 67.3 Å². The number of fused-ring (bicyclic) bond motifs is 1. The fourth-order valence-corrected chi connectivity index (χ4v) is 4.23. The smallest absolute Gasteiger partial charge is 0.342 e. The summed E-state index contributed by atoms with van der Waals surface area (Å²) in [6, 6.07) is 1.17. The van der Waals surface area contributed by atoms with Gasteiger partial charge in [-0.3, -0.25) is 4.79 Å². The number of nitrogens with zero attached hydrogens (tertiary/aromatic N) is 1. The number of phenolic OH excluding ortho intramolecular Hbond substituents is 2. The molecule has 1 aromatic rings. The predicted octanol–water partition coefficient (Wildman–Crippen LogP) is 4.57. The van der Waals surface area contributed by atoms with Crippen molar-refractivity contribution in [1.29, 1.82) is 0 Å². The molecule has 1 amide bonds. The van der Waals surface area contributed by atoms with Crippen molar-refractivity contribution in [2.24, 2.45) is 5.16 Å². The molecule has 1 fully saturated rings. The van der Waals surface area contributed by atoms with E-state index in [0.717, 1.165) is 44.6 Å². The molecule has 0 aromatic heterocycles. The molecule has 1 aromatic carbocycles. The summed E-state index contributed by atoms with van der Waals surface area (Å²) in [7, 11) is 0. The number of rotatable bonds is 4. The minimum atomic E-state index is -0.754. The number of hydrogen-bond donors (Lipinski definition) is 3. The Labute approximate surface area is 204 Å². The molecule has 34 heavy (non-hydrogen) atoms. The SMILES string of the molecule is O=C(CON=C1/C=C/CC/C=C/CCOC(=O)c2c(O)cc(O)c(Cl)c2C1)NC1CCCCC1. The number of oxime groups is 1. The second kappa shape index (κ2) is 13.0. The lowest BCUT2D eigenvalue weighted by molar-refractivity contribution is -0.126. The number of allylic oxidation sites excluding steroid dienone is 3. The van der Waals surface area contributed by atoms with Crippen molar-refractivity contribution in [3.8, 4) is 11.5 Å². The Balaban J connectivity index is 1.80. The van der Waals surface area contributed by atoms with Crippen LogP contribution in [-0.4, -0.2) is 47.1 Å². The molecule has 3 rings (SSSR count).